The first-order valence-corrected chi connectivity index (χ1v) is 5.98. The Kier molecular flexibility index (Phi) is 3.89. The van der Waals surface area contributed by atoms with Gasteiger partial charge in [-0.2, -0.15) is 5.10 Å². The van der Waals surface area contributed by atoms with E-state index >= 15 is 0 Å². The molecule has 2 aromatic rings. The predicted molar refractivity (Wildman–Crippen MR) is 69.1 cm³/mol. The molecule has 0 aliphatic rings. The average Bonchev–Trinajstić information content (AvgIpc) is 2.64. The van der Waals surface area contributed by atoms with Crippen LogP contribution >= 0.6 is 23.2 Å². The van der Waals surface area contributed by atoms with Gasteiger partial charge < -0.3 is 5.11 Å². The van der Waals surface area contributed by atoms with Crippen LogP contribution in [0.25, 0.3) is 0 Å². The molecule has 18 heavy (non-hydrogen) atoms. The number of rotatable bonds is 4. The number of halogens is 2. The molecule has 0 fully saturated rings. The number of nitrogens with zero attached hydrogens (tertiary/aromatic N) is 2. The van der Waals surface area contributed by atoms with Crippen molar-refractivity contribution in [2.45, 2.75) is 13.0 Å². The standard InChI is InChI=1S/C12H10Cl2N2O2/c13-10-3-1-8(2-4-10)7-16-12(14)9(6-15-16)5-11(17)18/h1-4,6H,5,7H2,(H,17,18). The highest BCUT2D eigenvalue weighted by atomic mass is 35.5. The summed E-state index contributed by atoms with van der Waals surface area (Å²) >= 11 is 11.9. The smallest absolute Gasteiger partial charge is 0.307 e. The number of aromatic nitrogens is 2. The number of benzene rings is 1. The maximum Gasteiger partial charge on any atom is 0.307 e. The summed E-state index contributed by atoms with van der Waals surface area (Å²) in [6, 6.07) is 7.31. The van der Waals surface area contributed by atoms with E-state index in [-0.39, 0.29) is 6.42 Å². The third-order valence-corrected chi connectivity index (χ3v) is 3.12. The van der Waals surface area contributed by atoms with E-state index in [0.717, 1.165) is 5.56 Å². The topological polar surface area (TPSA) is 55.1 Å². The molecule has 94 valence electrons. The van der Waals surface area contributed by atoms with Crippen LogP contribution in [-0.4, -0.2) is 20.9 Å². The fourth-order valence-electron chi connectivity index (χ4n) is 1.56. The van der Waals surface area contributed by atoms with Gasteiger partial charge in [-0.25, -0.2) is 4.68 Å². The van der Waals surface area contributed by atoms with Crippen molar-refractivity contribution in [2.75, 3.05) is 0 Å². The molecule has 0 saturated carbocycles. The summed E-state index contributed by atoms with van der Waals surface area (Å²) in [6.07, 6.45) is 1.35. The van der Waals surface area contributed by atoms with Crippen molar-refractivity contribution in [1.29, 1.82) is 0 Å². The van der Waals surface area contributed by atoms with E-state index in [1.807, 2.05) is 12.1 Å². The lowest BCUT2D eigenvalue weighted by Gasteiger charge is -2.04. The Morgan fingerprint density at radius 2 is 1.94 bits per heavy atom. The molecule has 0 spiro atoms. The second-order valence-corrected chi connectivity index (χ2v) is 4.61. The van der Waals surface area contributed by atoms with Crippen molar-refractivity contribution in [3.05, 3.63) is 51.8 Å². The van der Waals surface area contributed by atoms with Crippen LogP contribution in [0.4, 0.5) is 0 Å². The van der Waals surface area contributed by atoms with E-state index in [2.05, 4.69) is 5.10 Å². The highest BCUT2D eigenvalue weighted by Gasteiger charge is 2.11. The van der Waals surface area contributed by atoms with E-state index in [0.29, 0.717) is 22.3 Å². The summed E-state index contributed by atoms with van der Waals surface area (Å²) in [4.78, 5) is 10.6. The summed E-state index contributed by atoms with van der Waals surface area (Å²) < 4.78 is 1.56. The van der Waals surface area contributed by atoms with Gasteiger partial charge in [-0.15, -0.1) is 0 Å². The molecular weight excluding hydrogens is 275 g/mol. The Morgan fingerprint density at radius 1 is 1.28 bits per heavy atom. The van der Waals surface area contributed by atoms with E-state index in [1.54, 1.807) is 16.8 Å². The van der Waals surface area contributed by atoms with E-state index in [9.17, 15) is 4.79 Å². The minimum atomic E-state index is -0.928. The first-order valence-electron chi connectivity index (χ1n) is 5.22. The Balaban J connectivity index is 2.17. The Labute approximate surface area is 114 Å². The minimum absolute atomic E-state index is 0.126. The van der Waals surface area contributed by atoms with Gasteiger partial charge in [0.25, 0.3) is 0 Å². The van der Waals surface area contributed by atoms with Crippen molar-refractivity contribution >= 4 is 29.2 Å². The summed E-state index contributed by atoms with van der Waals surface area (Å²) in [5, 5.41) is 13.8. The molecule has 0 radical (unpaired) electrons. The van der Waals surface area contributed by atoms with Gasteiger partial charge in [0.05, 0.1) is 19.2 Å². The van der Waals surface area contributed by atoms with E-state index in [1.165, 1.54) is 6.20 Å². The molecule has 4 nitrogen and oxygen atoms in total. The fraction of sp³-hybridized carbons (Fsp3) is 0.167. The maximum atomic E-state index is 10.6. The van der Waals surface area contributed by atoms with Crippen molar-refractivity contribution in [1.82, 2.24) is 9.78 Å². The van der Waals surface area contributed by atoms with Gasteiger partial charge in [0.2, 0.25) is 0 Å². The first-order chi connectivity index (χ1) is 8.56. The summed E-state index contributed by atoms with van der Waals surface area (Å²) in [7, 11) is 0. The maximum absolute atomic E-state index is 10.6. The van der Waals surface area contributed by atoms with Gasteiger partial charge >= 0.3 is 5.97 Å². The van der Waals surface area contributed by atoms with E-state index in [4.69, 9.17) is 28.3 Å². The molecular formula is C12H10Cl2N2O2. The molecule has 0 saturated heterocycles. The molecule has 0 amide bonds. The Bertz CT molecular complexity index is 564. The second-order valence-electron chi connectivity index (χ2n) is 3.82. The van der Waals surface area contributed by atoms with Gasteiger partial charge in [-0.1, -0.05) is 35.3 Å². The lowest BCUT2D eigenvalue weighted by atomic mass is 10.2. The van der Waals surface area contributed by atoms with Gasteiger partial charge in [-0.3, -0.25) is 4.79 Å². The minimum Gasteiger partial charge on any atom is -0.481 e. The van der Waals surface area contributed by atoms with Gasteiger partial charge in [-0.05, 0) is 17.7 Å². The normalized spacial score (nSPS) is 10.6. The van der Waals surface area contributed by atoms with Crippen LogP contribution in [0, 0.1) is 0 Å². The number of hydrogen-bond donors (Lipinski definition) is 1. The number of hydrogen-bond acceptors (Lipinski definition) is 2. The molecule has 1 N–H and O–H groups in total. The van der Waals surface area contributed by atoms with Crippen LogP contribution in [0.2, 0.25) is 10.2 Å². The zero-order chi connectivity index (χ0) is 13.1. The number of aliphatic carboxylic acids is 1. The molecule has 0 atom stereocenters. The van der Waals surface area contributed by atoms with Crippen LogP contribution < -0.4 is 0 Å². The fourth-order valence-corrected chi connectivity index (χ4v) is 1.91. The highest BCUT2D eigenvalue weighted by Crippen LogP contribution is 2.18. The summed E-state index contributed by atoms with van der Waals surface area (Å²) in [5.74, 6) is -0.928. The molecule has 0 aliphatic carbocycles. The largest absolute Gasteiger partial charge is 0.481 e. The zero-order valence-corrected chi connectivity index (χ0v) is 10.8. The van der Waals surface area contributed by atoms with Gasteiger partial charge in [0.1, 0.15) is 5.15 Å². The van der Waals surface area contributed by atoms with Crippen LogP contribution in [-0.2, 0) is 17.8 Å². The first kappa shape index (κ1) is 12.9. The predicted octanol–water partition coefficient (Wildman–Crippen LogP) is 2.87. The number of carbonyl (C=O) groups is 1. The Morgan fingerprint density at radius 3 is 2.56 bits per heavy atom. The second kappa shape index (κ2) is 5.42. The molecule has 6 heteroatoms. The van der Waals surface area contributed by atoms with Crippen LogP contribution in [0.3, 0.4) is 0 Å². The van der Waals surface area contributed by atoms with Crippen molar-refractivity contribution in [3.8, 4) is 0 Å². The molecule has 0 unspecified atom stereocenters. The third-order valence-electron chi connectivity index (χ3n) is 2.43. The van der Waals surface area contributed by atoms with Crippen molar-refractivity contribution in [3.63, 3.8) is 0 Å². The summed E-state index contributed by atoms with van der Waals surface area (Å²) in [5.41, 5.74) is 1.50. The molecule has 1 heterocycles. The third kappa shape index (κ3) is 3.03. The van der Waals surface area contributed by atoms with Gasteiger partial charge in [0.15, 0.2) is 0 Å². The van der Waals surface area contributed by atoms with Gasteiger partial charge in [0, 0.05) is 10.6 Å². The lowest BCUT2D eigenvalue weighted by Crippen LogP contribution is -2.03. The van der Waals surface area contributed by atoms with Crippen LogP contribution in [0.5, 0.6) is 0 Å². The lowest BCUT2D eigenvalue weighted by molar-refractivity contribution is -0.136. The quantitative estimate of drug-likeness (QED) is 0.939. The van der Waals surface area contributed by atoms with E-state index < -0.39 is 5.97 Å². The monoisotopic (exact) mass is 284 g/mol. The number of carboxylic acid groups (broad SMARTS) is 1. The summed E-state index contributed by atoms with van der Waals surface area (Å²) in [6.45, 7) is 0.482. The highest BCUT2D eigenvalue weighted by molar-refractivity contribution is 6.30. The van der Waals surface area contributed by atoms with Crippen LogP contribution in [0.15, 0.2) is 30.5 Å². The molecule has 1 aromatic carbocycles. The molecule has 0 bridgehead atoms. The van der Waals surface area contributed by atoms with Crippen molar-refractivity contribution < 1.29 is 9.90 Å². The SMILES string of the molecule is O=C(O)Cc1cnn(Cc2ccc(Cl)cc2)c1Cl. The zero-order valence-electron chi connectivity index (χ0n) is 9.31. The molecule has 0 aliphatic heterocycles. The Hall–Kier alpha value is -1.52. The van der Waals surface area contributed by atoms with Crippen LogP contribution in [0.1, 0.15) is 11.1 Å². The van der Waals surface area contributed by atoms with Crippen molar-refractivity contribution in [2.24, 2.45) is 0 Å². The number of carboxylic acids is 1. The average molecular weight is 285 g/mol. The molecule has 2 rings (SSSR count). The molecule has 1 aromatic heterocycles.